The van der Waals surface area contributed by atoms with E-state index < -0.39 is 29.1 Å². The van der Waals surface area contributed by atoms with Gasteiger partial charge in [-0.2, -0.15) is 0 Å². The molecule has 4 rings (SSSR count). The number of carbonyl (C=O) groups is 2. The Labute approximate surface area is 181 Å². The van der Waals surface area contributed by atoms with E-state index in [1.54, 1.807) is 36.4 Å². The number of nitrogens with zero attached hydrogens (tertiary/aromatic N) is 2. The van der Waals surface area contributed by atoms with Gasteiger partial charge in [0.1, 0.15) is 5.82 Å². The molecule has 0 spiro atoms. The second-order valence-corrected chi connectivity index (χ2v) is 6.89. The van der Waals surface area contributed by atoms with Gasteiger partial charge in [-0.25, -0.2) is 14.2 Å². The number of pyridine rings is 1. The fourth-order valence-electron chi connectivity index (χ4n) is 3.20. The van der Waals surface area contributed by atoms with E-state index >= 15 is 0 Å². The van der Waals surface area contributed by atoms with Crippen LogP contribution in [0.3, 0.4) is 0 Å². The van der Waals surface area contributed by atoms with Crippen LogP contribution < -0.4 is 0 Å². The van der Waals surface area contributed by atoms with Gasteiger partial charge in [0.2, 0.25) is 5.78 Å². The molecule has 0 N–H and O–H groups in total. The first kappa shape index (κ1) is 20.8. The number of benzene rings is 3. The number of nitro groups is 1. The molecule has 0 amide bonds. The van der Waals surface area contributed by atoms with Crippen molar-refractivity contribution in [1.29, 1.82) is 0 Å². The predicted octanol–water partition coefficient (Wildman–Crippen LogP) is 4.99. The molecule has 0 aliphatic carbocycles. The zero-order chi connectivity index (χ0) is 22.7. The van der Waals surface area contributed by atoms with E-state index in [0.29, 0.717) is 22.2 Å². The molecule has 0 aliphatic heterocycles. The molecule has 0 aliphatic rings. The largest absolute Gasteiger partial charge is 0.454 e. The summed E-state index contributed by atoms with van der Waals surface area (Å²) in [5, 5.41) is 11.4. The van der Waals surface area contributed by atoms with Crippen LogP contribution in [-0.2, 0) is 4.74 Å². The van der Waals surface area contributed by atoms with Crippen molar-refractivity contribution in [2.75, 3.05) is 6.61 Å². The highest BCUT2D eigenvalue weighted by molar-refractivity contribution is 6.06. The molecule has 0 atom stereocenters. The van der Waals surface area contributed by atoms with Crippen molar-refractivity contribution in [2.45, 2.75) is 0 Å². The van der Waals surface area contributed by atoms with Crippen LogP contribution in [0.25, 0.3) is 22.2 Å². The summed E-state index contributed by atoms with van der Waals surface area (Å²) < 4.78 is 18.5. The van der Waals surface area contributed by atoms with E-state index in [2.05, 4.69) is 4.98 Å². The summed E-state index contributed by atoms with van der Waals surface area (Å²) in [7, 11) is 0. The van der Waals surface area contributed by atoms with E-state index in [1.807, 2.05) is 0 Å². The van der Waals surface area contributed by atoms with Crippen molar-refractivity contribution in [3.8, 4) is 11.3 Å². The zero-order valence-electron chi connectivity index (χ0n) is 16.5. The van der Waals surface area contributed by atoms with Crippen molar-refractivity contribution in [1.82, 2.24) is 4.98 Å². The third kappa shape index (κ3) is 4.34. The van der Waals surface area contributed by atoms with Crippen LogP contribution in [0, 0.1) is 15.9 Å². The Balaban J connectivity index is 1.61. The molecule has 158 valence electrons. The molecule has 0 saturated heterocycles. The number of aromatic nitrogens is 1. The van der Waals surface area contributed by atoms with Gasteiger partial charge in [-0.1, -0.05) is 30.3 Å². The molecule has 0 radical (unpaired) electrons. The normalized spacial score (nSPS) is 10.7. The van der Waals surface area contributed by atoms with Gasteiger partial charge >= 0.3 is 5.97 Å². The summed E-state index contributed by atoms with van der Waals surface area (Å²) >= 11 is 0. The van der Waals surface area contributed by atoms with E-state index in [1.165, 1.54) is 36.4 Å². The molecule has 0 bridgehead atoms. The number of hydrogen-bond donors (Lipinski definition) is 0. The Hall–Kier alpha value is -4.46. The Kier molecular flexibility index (Phi) is 5.67. The van der Waals surface area contributed by atoms with Gasteiger partial charge in [0.05, 0.1) is 21.7 Å². The molecule has 8 heteroatoms. The van der Waals surface area contributed by atoms with Crippen LogP contribution >= 0.6 is 0 Å². The predicted molar refractivity (Wildman–Crippen MR) is 115 cm³/mol. The third-order valence-electron chi connectivity index (χ3n) is 4.79. The Morgan fingerprint density at radius 3 is 2.47 bits per heavy atom. The van der Waals surface area contributed by atoms with E-state index in [0.717, 1.165) is 6.07 Å². The molecule has 4 aromatic rings. The number of carbonyl (C=O) groups excluding carboxylic acids is 2. The van der Waals surface area contributed by atoms with Crippen LogP contribution in [0.2, 0.25) is 0 Å². The second-order valence-electron chi connectivity index (χ2n) is 6.89. The third-order valence-corrected chi connectivity index (χ3v) is 4.79. The summed E-state index contributed by atoms with van der Waals surface area (Å²) in [6.45, 7) is -0.581. The van der Waals surface area contributed by atoms with Crippen molar-refractivity contribution in [3.05, 3.63) is 106 Å². The minimum absolute atomic E-state index is 0.0681. The fraction of sp³-hybridized carbons (Fsp3) is 0.0417. The molecule has 32 heavy (non-hydrogen) atoms. The summed E-state index contributed by atoms with van der Waals surface area (Å²) in [6.07, 6.45) is 0. The number of ether oxygens (including phenoxy) is 1. The standard InChI is InChI=1S/C24H15FN2O5/c25-17-10-8-15(9-11-17)22-13-20(19-6-1-2-7-21(19)26-22)24(29)32-14-23(28)16-4-3-5-18(12-16)27(30)31/h1-13H,14H2. The number of nitro benzene ring substituents is 1. The second kappa shape index (κ2) is 8.73. The summed E-state index contributed by atoms with van der Waals surface area (Å²) in [5.41, 5.74) is 1.62. The number of esters is 1. The number of non-ortho nitro benzene ring substituents is 1. The quantitative estimate of drug-likeness (QED) is 0.185. The summed E-state index contributed by atoms with van der Waals surface area (Å²) in [4.78, 5) is 40.0. The van der Waals surface area contributed by atoms with Gasteiger partial charge in [-0.05, 0) is 36.4 Å². The SMILES string of the molecule is O=C(COC(=O)c1cc(-c2ccc(F)cc2)nc2ccccc12)c1cccc([N+](=O)[O-])c1. The maximum absolute atomic E-state index is 13.3. The first-order valence-corrected chi connectivity index (χ1v) is 9.53. The topological polar surface area (TPSA) is 99.4 Å². The Bertz CT molecular complexity index is 1350. The minimum Gasteiger partial charge on any atom is -0.454 e. The van der Waals surface area contributed by atoms with Gasteiger partial charge in [-0.15, -0.1) is 0 Å². The van der Waals surface area contributed by atoms with Gasteiger partial charge in [0, 0.05) is 28.6 Å². The van der Waals surface area contributed by atoms with Crippen molar-refractivity contribution >= 4 is 28.3 Å². The minimum atomic E-state index is -0.745. The number of hydrogen-bond acceptors (Lipinski definition) is 6. The lowest BCUT2D eigenvalue weighted by atomic mass is 10.0. The zero-order valence-corrected chi connectivity index (χ0v) is 16.5. The average molecular weight is 430 g/mol. The Morgan fingerprint density at radius 2 is 1.72 bits per heavy atom. The van der Waals surface area contributed by atoms with Crippen molar-refractivity contribution in [3.63, 3.8) is 0 Å². The molecule has 1 heterocycles. The highest BCUT2D eigenvalue weighted by Gasteiger charge is 2.18. The molecule has 0 fully saturated rings. The number of rotatable bonds is 6. The molecular weight excluding hydrogens is 415 g/mol. The monoisotopic (exact) mass is 430 g/mol. The highest BCUT2D eigenvalue weighted by Crippen LogP contribution is 2.26. The summed E-state index contributed by atoms with van der Waals surface area (Å²) in [6, 6.07) is 19.4. The molecule has 0 saturated carbocycles. The number of ketones is 1. The van der Waals surface area contributed by atoms with Crippen LogP contribution in [0.15, 0.2) is 78.9 Å². The number of halogens is 1. The van der Waals surface area contributed by atoms with E-state index in [4.69, 9.17) is 4.74 Å². The molecule has 7 nitrogen and oxygen atoms in total. The van der Waals surface area contributed by atoms with Crippen molar-refractivity contribution < 1.29 is 23.6 Å². The number of Topliss-reactive ketones (excluding diaryl/α,β-unsaturated/α-hetero) is 1. The summed E-state index contributed by atoms with van der Waals surface area (Å²) in [5.74, 6) is -1.71. The smallest absolute Gasteiger partial charge is 0.339 e. The van der Waals surface area contributed by atoms with Gasteiger partial charge in [0.15, 0.2) is 6.61 Å². The molecule has 3 aromatic carbocycles. The van der Waals surface area contributed by atoms with Gasteiger partial charge in [0.25, 0.3) is 5.69 Å². The lowest BCUT2D eigenvalue weighted by Crippen LogP contribution is -2.15. The average Bonchev–Trinajstić information content (AvgIpc) is 2.82. The van der Waals surface area contributed by atoms with Gasteiger partial charge in [-0.3, -0.25) is 14.9 Å². The molecular formula is C24H15FN2O5. The highest BCUT2D eigenvalue weighted by atomic mass is 19.1. The van der Waals surface area contributed by atoms with Gasteiger partial charge < -0.3 is 4.74 Å². The van der Waals surface area contributed by atoms with Crippen molar-refractivity contribution in [2.24, 2.45) is 0 Å². The lowest BCUT2D eigenvalue weighted by Gasteiger charge is -2.10. The van der Waals surface area contributed by atoms with Crippen LogP contribution in [0.5, 0.6) is 0 Å². The fourth-order valence-corrected chi connectivity index (χ4v) is 3.20. The maximum Gasteiger partial charge on any atom is 0.339 e. The number of fused-ring (bicyclic) bond motifs is 1. The van der Waals surface area contributed by atoms with Crippen LogP contribution in [0.1, 0.15) is 20.7 Å². The van der Waals surface area contributed by atoms with Crippen LogP contribution in [0.4, 0.5) is 10.1 Å². The van der Waals surface area contributed by atoms with E-state index in [-0.39, 0.29) is 16.8 Å². The van der Waals surface area contributed by atoms with Crippen LogP contribution in [-0.4, -0.2) is 28.3 Å². The lowest BCUT2D eigenvalue weighted by molar-refractivity contribution is -0.384. The first-order chi connectivity index (χ1) is 15.4. The maximum atomic E-state index is 13.3. The Morgan fingerprint density at radius 1 is 0.969 bits per heavy atom. The molecule has 0 unspecified atom stereocenters. The first-order valence-electron chi connectivity index (χ1n) is 9.53. The van der Waals surface area contributed by atoms with E-state index in [9.17, 15) is 24.1 Å². The number of para-hydroxylation sites is 1. The molecule has 1 aromatic heterocycles.